The van der Waals surface area contributed by atoms with Crippen molar-refractivity contribution in [3.63, 3.8) is 0 Å². The van der Waals surface area contributed by atoms with E-state index in [4.69, 9.17) is 0 Å². The third-order valence-corrected chi connectivity index (χ3v) is 3.91. The van der Waals surface area contributed by atoms with Gasteiger partial charge in [0.25, 0.3) is 0 Å². The van der Waals surface area contributed by atoms with E-state index in [1.165, 1.54) is 12.8 Å². The molecule has 1 fully saturated rings. The summed E-state index contributed by atoms with van der Waals surface area (Å²) in [6, 6.07) is 0. The van der Waals surface area contributed by atoms with Crippen molar-refractivity contribution in [3.8, 4) is 0 Å². The molecule has 0 atom stereocenters. The highest BCUT2D eigenvalue weighted by Gasteiger charge is 2.40. The summed E-state index contributed by atoms with van der Waals surface area (Å²) in [6.07, 6.45) is 6.69. The Morgan fingerprint density at radius 2 is 1.89 bits per heavy atom. The molecular formula is C15H30N2O. The second-order valence-electron chi connectivity index (χ2n) is 6.05. The molecule has 1 aliphatic carbocycles. The van der Waals surface area contributed by atoms with Gasteiger partial charge in [0.2, 0.25) is 5.91 Å². The van der Waals surface area contributed by atoms with Gasteiger partial charge in [0, 0.05) is 12.0 Å². The number of hydrogen-bond acceptors (Lipinski definition) is 2. The Morgan fingerprint density at radius 1 is 1.22 bits per heavy atom. The molecule has 3 heteroatoms. The van der Waals surface area contributed by atoms with E-state index in [0.717, 1.165) is 45.3 Å². The van der Waals surface area contributed by atoms with Crippen molar-refractivity contribution in [2.24, 2.45) is 11.3 Å². The van der Waals surface area contributed by atoms with Gasteiger partial charge in [-0.15, -0.1) is 0 Å². The molecule has 1 amide bonds. The number of rotatable bonds is 8. The van der Waals surface area contributed by atoms with Crippen LogP contribution in [0.25, 0.3) is 0 Å². The molecule has 0 saturated heterocycles. The first kappa shape index (κ1) is 15.5. The van der Waals surface area contributed by atoms with Crippen molar-refractivity contribution >= 4 is 5.91 Å². The van der Waals surface area contributed by atoms with Crippen molar-refractivity contribution in [1.82, 2.24) is 10.6 Å². The van der Waals surface area contributed by atoms with Crippen LogP contribution < -0.4 is 10.6 Å². The van der Waals surface area contributed by atoms with Crippen molar-refractivity contribution in [3.05, 3.63) is 0 Å². The number of nitrogens with one attached hydrogen (secondary N) is 2. The van der Waals surface area contributed by atoms with Crippen LogP contribution >= 0.6 is 0 Å². The molecule has 1 rings (SSSR count). The molecule has 3 nitrogen and oxygen atoms in total. The molecule has 0 aromatic heterocycles. The van der Waals surface area contributed by atoms with Gasteiger partial charge in [0.15, 0.2) is 0 Å². The van der Waals surface area contributed by atoms with Gasteiger partial charge in [-0.05, 0) is 44.7 Å². The Balaban J connectivity index is 2.36. The maximum absolute atomic E-state index is 12.4. The summed E-state index contributed by atoms with van der Waals surface area (Å²) in [6.45, 7) is 9.36. The van der Waals surface area contributed by atoms with E-state index in [2.05, 4.69) is 31.4 Å². The lowest BCUT2D eigenvalue weighted by Gasteiger charge is -2.29. The van der Waals surface area contributed by atoms with Crippen LogP contribution in [0.5, 0.6) is 0 Å². The predicted octanol–water partition coefficient (Wildman–Crippen LogP) is 2.71. The minimum atomic E-state index is -0.0493. The third-order valence-electron chi connectivity index (χ3n) is 3.91. The van der Waals surface area contributed by atoms with Gasteiger partial charge >= 0.3 is 0 Å². The van der Waals surface area contributed by atoms with Gasteiger partial charge in [0.05, 0.1) is 0 Å². The molecule has 1 aliphatic rings. The summed E-state index contributed by atoms with van der Waals surface area (Å²) in [7, 11) is 0. The van der Waals surface area contributed by atoms with Crippen LogP contribution in [-0.2, 0) is 4.79 Å². The number of amides is 1. The molecule has 0 spiro atoms. The topological polar surface area (TPSA) is 41.1 Å². The van der Waals surface area contributed by atoms with Crippen molar-refractivity contribution in [2.45, 2.75) is 59.3 Å². The fourth-order valence-corrected chi connectivity index (χ4v) is 3.14. The van der Waals surface area contributed by atoms with E-state index in [1.54, 1.807) is 0 Å². The zero-order valence-corrected chi connectivity index (χ0v) is 12.3. The first-order valence-corrected chi connectivity index (χ1v) is 7.60. The Kier molecular flexibility index (Phi) is 6.69. The van der Waals surface area contributed by atoms with Crippen molar-refractivity contribution < 1.29 is 4.79 Å². The first-order valence-electron chi connectivity index (χ1n) is 7.60. The van der Waals surface area contributed by atoms with Gasteiger partial charge in [-0.1, -0.05) is 33.6 Å². The van der Waals surface area contributed by atoms with E-state index in [1.807, 2.05) is 0 Å². The maximum Gasteiger partial charge on any atom is 0.226 e. The summed E-state index contributed by atoms with van der Waals surface area (Å²) < 4.78 is 0. The van der Waals surface area contributed by atoms with Gasteiger partial charge in [-0.3, -0.25) is 4.79 Å². The summed E-state index contributed by atoms with van der Waals surface area (Å²) in [5, 5.41) is 6.43. The van der Waals surface area contributed by atoms with Crippen LogP contribution in [0, 0.1) is 11.3 Å². The summed E-state index contributed by atoms with van der Waals surface area (Å²) in [5.74, 6) is 0.917. The van der Waals surface area contributed by atoms with E-state index in [0.29, 0.717) is 11.8 Å². The number of carbonyl (C=O) groups excluding carboxylic acids is 1. The summed E-state index contributed by atoms with van der Waals surface area (Å²) in [4.78, 5) is 12.4. The minimum Gasteiger partial charge on any atom is -0.356 e. The highest BCUT2D eigenvalue weighted by atomic mass is 16.2. The Bertz CT molecular complexity index is 245. The third kappa shape index (κ3) is 4.60. The monoisotopic (exact) mass is 254 g/mol. The van der Waals surface area contributed by atoms with Gasteiger partial charge in [-0.25, -0.2) is 0 Å². The smallest absolute Gasteiger partial charge is 0.226 e. The molecule has 18 heavy (non-hydrogen) atoms. The van der Waals surface area contributed by atoms with Crippen LogP contribution in [0.4, 0.5) is 0 Å². The normalized spacial score (nSPS) is 18.2. The average molecular weight is 254 g/mol. The number of carbonyl (C=O) groups is 1. The van der Waals surface area contributed by atoms with Crippen LogP contribution in [-0.4, -0.2) is 25.5 Å². The van der Waals surface area contributed by atoms with Gasteiger partial charge < -0.3 is 10.6 Å². The summed E-state index contributed by atoms with van der Waals surface area (Å²) in [5.41, 5.74) is -0.0493. The largest absolute Gasteiger partial charge is 0.356 e. The average Bonchev–Trinajstić information content (AvgIpc) is 2.77. The van der Waals surface area contributed by atoms with Gasteiger partial charge in [-0.2, -0.15) is 0 Å². The SMILES string of the molecule is CCNCCCNC(=O)C1(CC(C)C)CCCC1. The molecule has 0 aromatic rings. The maximum atomic E-state index is 12.4. The van der Waals surface area contributed by atoms with Gasteiger partial charge in [0.1, 0.15) is 0 Å². The molecule has 106 valence electrons. The second kappa shape index (κ2) is 7.78. The lowest BCUT2D eigenvalue weighted by molar-refractivity contribution is -0.131. The number of hydrogen-bond donors (Lipinski definition) is 2. The lowest BCUT2D eigenvalue weighted by Crippen LogP contribution is -2.41. The van der Waals surface area contributed by atoms with Crippen LogP contribution in [0.15, 0.2) is 0 Å². The highest BCUT2D eigenvalue weighted by molar-refractivity contribution is 5.82. The van der Waals surface area contributed by atoms with Crippen molar-refractivity contribution in [1.29, 1.82) is 0 Å². The van der Waals surface area contributed by atoms with Crippen LogP contribution in [0.1, 0.15) is 59.3 Å². The molecule has 0 aliphatic heterocycles. The molecule has 0 radical (unpaired) electrons. The molecule has 0 unspecified atom stereocenters. The highest BCUT2D eigenvalue weighted by Crippen LogP contribution is 2.43. The second-order valence-corrected chi connectivity index (χ2v) is 6.05. The standard InChI is InChI=1S/C15H30N2O/c1-4-16-10-7-11-17-14(18)15(12-13(2)3)8-5-6-9-15/h13,16H,4-12H2,1-3H3,(H,17,18). The predicted molar refractivity (Wildman–Crippen MR) is 76.5 cm³/mol. The summed E-state index contributed by atoms with van der Waals surface area (Å²) >= 11 is 0. The Labute approximate surface area is 112 Å². The molecule has 1 saturated carbocycles. The Morgan fingerprint density at radius 3 is 2.44 bits per heavy atom. The minimum absolute atomic E-state index is 0.0493. The van der Waals surface area contributed by atoms with Crippen LogP contribution in [0.3, 0.4) is 0 Å². The molecule has 2 N–H and O–H groups in total. The molecule has 0 bridgehead atoms. The molecule has 0 heterocycles. The first-order chi connectivity index (χ1) is 8.60. The van der Waals surface area contributed by atoms with E-state index in [-0.39, 0.29) is 5.41 Å². The Hall–Kier alpha value is -0.570. The van der Waals surface area contributed by atoms with E-state index < -0.39 is 0 Å². The zero-order valence-electron chi connectivity index (χ0n) is 12.3. The fourth-order valence-electron chi connectivity index (χ4n) is 3.14. The quantitative estimate of drug-likeness (QED) is 0.654. The van der Waals surface area contributed by atoms with Crippen LogP contribution in [0.2, 0.25) is 0 Å². The zero-order chi connectivity index (χ0) is 13.4. The fraction of sp³-hybridized carbons (Fsp3) is 0.933. The molecule has 0 aromatic carbocycles. The van der Waals surface area contributed by atoms with E-state index in [9.17, 15) is 4.79 Å². The van der Waals surface area contributed by atoms with E-state index >= 15 is 0 Å². The lowest BCUT2D eigenvalue weighted by atomic mass is 9.77. The van der Waals surface area contributed by atoms with Crippen molar-refractivity contribution in [2.75, 3.05) is 19.6 Å². The molecular weight excluding hydrogens is 224 g/mol.